The van der Waals surface area contributed by atoms with E-state index in [9.17, 15) is 0 Å². The predicted octanol–water partition coefficient (Wildman–Crippen LogP) is 7.06. The minimum Gasteiger partial charge on any atom is -0.374 e. The van der Waals surface area contributed by atoms with E-state index >= 15 is 0 Å². The molecule has 0 bridgehead atoms. The number of nitrogens with zero attached hydrogens (tertiary/aromatic N) is 7. The summed E-state index contributed by atoms with van der Waals surface area (Å²) >= 11 is 0. The fourth-order valence-electron chi connectivity index (χ4n) is 5.76. The van der Waals surface area contributed by atoms with Gasteiger partial charge in [0.25, 0.3) is 0 Å². The Morgan fingerprint density at radius 2 is 1.77 bits per heavy atom. The molecule has 0 saturated heterocycles. The molecular formula is C34H36N8O. The van der Waals surface area contributed by atoms with Crippen LogP contribution in [0.1, 0.15) is 74.2 Å². The smallest absolute Gasteiger partial charge is 0.176 e. The molecule has 1 N–H and O–H groups in total. The van der Waals surface area contributed by atoms with Crippen molar-refractivity contribution in [1.82, 2.24) is 40.1 Å². The molecule has 4 aromatic heterocycles. The highest BCUT2D eigenvalue weighted by Crippen LogP contribution is 2.35. The van der Waals surface area contributed by atoms with Crippen molar-refractivity contribution in [2.24, 2.45) is 0 Å². The Labute approximate surface area is 251 Å². The first kappa shape index (κ1) is 28.4. The molecule has 218 valence electrons. The molecule has 0 spiro atoms. The van der Waals surface area contributed by atoms with Crippen molar-refractivity contribution < 1.29 is 4.74 Å². The average molecular weight is 573 g/mol. The fourth-order valence-corrected chi connectivity index (χ4v) is 5.76. The third-order valence-corrected chi connectivity index (χ3v) is 7.89. The molecule has 0 aliphatic carbocycles. The maximum Gasteiger partial charge on any atom is 0.176 e. The van der Waals surface area contributed by atoms with E-state index in [-0.39, 0.29) is 12.1 Å². The van der Waals surface area contributed by atoms with Gasteiger partial charge in [-0.05, 0) is 72.0 Å². The zero-order chi connectivity index (χ0) is 29.8. The number of aryl methyl sites for hydroxylation is 2. The summed E-state index contributed by atoms with van der Waals surface area (Å²) < 4.78 is 8.14. The van der Waals surface area contributed by atoms with E-state index < -0.39 is 0 Å². The van der Waals surface area contributed by atoms with Gasteiger partial charge in [0, 0.05) is 42.2 Å². The van der Waals surface area contributed by atoms with Gasteiger partial charge < -0.3 is 4.74 Å². The lowest BCUT2D eigenvalue weighted by atomic mass is 9.94. The number of pyridine rings is 2. The Kier molecular flexibility index (Phi) is 8.33. The van der Waals surface area contributed by atoms with Gasteiger partial charge in [-0.3, -0.25) is 9.55 Å². The number of aromatic amines is 1. The third-order valence-electron chi connectivity index (χ3n) is 7.89. The van der Waals surface area contributed by atoms with Crippen LogP contribution in [0.15, 0.2) is 79.1 Å². The number of benzene rings is 2. The van der Waals surface area contributed by atoms with Gasteiger partial charge in [0.05, 0.1) is 6.10 Å². The van der Waals surface area contributed by atoms with Crippen LogP contribution in [0.3, 0.4) is 0 Å². The monoisotopic (exact) mass is 572 g/mol. The van der Waals surface area contributed by atoms with Crippen LogP contribution in [0.2, 0.25) is 0 Å². The minimum atomic E-state index is -0.338. The minimum absolute atomic E-state index is 0.00166. The molecule has 6 aromatic rings. The van der Waals surface area contributed by atoms with Crippen LogP contribution in [0.5, 0.6) is 0 Å². The highest BCUT2D eigenvalue weighted by molar-refractivity contribution is 5.81. The van der Waals surface area contributed by atoms with Crippen molar-refractivity contribution >= 4 is 11.2 Å². The Bertz CT molecular complexity index is 1800. The van der Waals surface area contributed by atoms with Crippen LogP contribution in [0.4, 0.5) is 0 Å². The number of fused-ring (bicyclic) bond motifs is 1. The standard InChI is InChI=1S/C34H36N8O/c1-5-7-14-31-37-30-20-29(26-11-10-19-35-21-26)22(3)36-34(30)42(31)32(33-38-40-41-39-33)25-17-15-24(16-18-25)28-13-9-8-12-27(28)23(4)43-6-2/h8-13,15-21,23,32H,5-7,14H2,1-4H3,(H,38,39,40,41). The van der Waals surface area contributed by atoms with E-state index in [4.69, 9.17) is 14.7 Å². The number of rotatable bonds is 11. The second-order valence-electron chi connectivity index (χ2n) is 10.7. The van der Waals surface area contributed by atoms with Crippen molar-refractivity contribution in [1.29, 1.82) is 0 Å². The van der Waals surface area contributed by atoms with Crippen LogP contribution in [-0.4, -0.2) is 46.8 Å². The van der Waals surface area contributed by atoms with Crippen molar-refractivity contribution in [2.45, 2.75) is 59.1 Å². The van der Waals surface area contributed by atoms with Gasteiger partial charge in [-0.15, -0.1) is 5.10 Å². The van der Waals surface area contributed by atoms with E-state index in [1.807, 2.05) is 26.1 Å². The van der Waals surface area contributed by atoms with Crippen LogP contribution in [-0.2, 0) is 11.2 Å². The highest BCUT2D eigenvalue weighted by Gasteiger charge is 2.27. The summed E-state index contributed by atoms with van der Waals surface area (Å²) in [5.74, 6) is 1.58. The van der Waals surface area contributed by atoms with Gasteiger partial charge in [0.1, 0.15) is 17.4 Å². The summed E-state index contributed by atoms with van der Waals surface area (Å²) in [7, 11) is 0. The summed E-state index contributed by atoms with van der Waals surface area (Å²) in [4.78, 5) is 14.6. The number of imidazole rings is 1. The Hall–Kier alpha value is -4.76. The number of unbranched alkanes of at least 4 members (excludes halogenated alkanes) is 1. The summed E-state index contributed by atoms with van der Waals surface area (Å²) in [5.41, 5.74) is 9.07. The first-order valence-electron chi connectivity index (χ1n) is 14.9. The number of H-pyrrole nitrogens is 1. The molecule has 43 heavy (non-hydrogen) atoms. The van der Waals surface area contributed by atoms with E-state index in [2.05, 4.69) is 105 Å². The molecule has 0 fully saturated rings. The lowest BCUT2D eigenvalue weighted by Gasteiger charge is -2.21. The van der Waals surface area contributed by atoms with Gasteiger partial charge in [0.15, 0.2) is 11.5 Å². The number of tetrazole rings is 1. The average Bonchev–Trinajstić information content (AvgIpc) is 3.69. The molecule has 2 unspecified atom stereocenters. The molecule has 4 heterocycles. The largest absolute Gasteiger partial charge is 0.374 e. The SMILES string of the molecule is CCCCc1nc2cc(-c3cccnc3)c(C)nc2n1C(c1ccc(-c2ccccc2C(C)OCC)cc1)c1nnn[nH]1. The molecule has 0 aliphatic rings. The van der Waals surface area contributed by atoms with E-state index in [0.717, 1.165) is 69.8 Å². The maximum atomic E-state index is 5.94. The zero-order valence-electron chi connectivity index (χ0n) is 25.0. The van der Waals surface area contributed by atoms with Crippen molar-refractivity contribution in [2.75, 3.05) is 6.61 Å². The van der Waals surface area contributed by atoms with E-state index in [1.165, 1.54) is 5.56 Å². The quantitative estimate of drug-likeness (QED) is 0.177. The van der Waals surface area contributed by atoms with Crippen molar-refractivity contribution in [3.63, 3.8) is 0 Å². The van der Waals surface area contributed by atoms with Crippen LogP contribution < -0.4 is 0 Å². The summed E-state index contributed by atoms with van der Waals surface area (Å²) in [6.07, 6.45) is 6.52. The third kappa shape index (κ3) is 5.68. The van der Waals surface area contributed by atoms with Crippen molar-refractivity contribution in [3.05, 3.63) is 108 Å². The molecule has 0 saturated carbocycles. The zero-order valence-corrected chi connectivity index (χ0v) is 25.0. The fraction of sp³-hybridized carbons (Fsp3) is 0.294. The Morgan fingerprint density at radius 3 is 2.49 bits per heavy atom. The van der Waals surface area contributed by atoms with Gasteiger partial charge >= 0.3 is 0 Å². The highest BCUT2D eigenvalue weighted by atomic mass is 16.5. The van der Waals surface area contributed by atoms with E-state index in [0.29, 0.717) is 12.4 Å². The number of nitrogens with one attached hydrogen (secondary N) is 1. The molecule has 9 heteroatoms. The first-order chi connectivity index (χ1) is 21.1. The first-order valence-corrected chi connectivity index (χ1v) is 14.9. The maximum absolute atomic E-state index is 5.94. The molecule has 2 aromatic carbocycles. The molecular weight excluding hydrogens is 536 g/mol. The lowest BCUT2D eigenvalue weighted by Crippen LogP contribution is -2.18. The Morgan fingerprint density at radius 1 is 0.930 bits per heavy atom. The molecule has 0 amide bonds. The summed E-state index contributed by atoms with van der Waals surface area (Å²) in [6.45, 7) is 9.01. The van der Waals surface area contributed by atoms with Crippen LogP contribution in [0, 0.1) is 6.92 Å². The molecule has 9 nitrogen and oxygen atoms in total. The molecule has 6 rings (SSSR count). The second-order valence-corrected chi connectivity index (χ2v) is 10.7. The summed E-state index contributed by atoms with van der Waals surface area (Å²) in [5, 5.41) is 15.3. The van der Waals surface area contributed by atoms with Crippen LogP contribution in [0.25, 0.3) is 33.4 Å². The van der Waals surface area contributed by atoms with Crippen LogP contribution >= 0.6 is 0 Å². The molecule has 2 atom stereocenters. The van der Waals surface area contributed by atoms with Gasteiger partial charge in [-0.25, -0.2) is 15.1 Å². The van der Waals surface area contributed by atoms with Crippen molar-refractivity contribution in [3.8, 4) is 22.3 Å². The van der Waals surface area contributed by atoms with Gasteiger partial charge in [-0.2, -0.15) is 0 Å². The number of ether oxygens (including phenoxy) is 1. The number of hydrogen-bond donors (Lipinski definition) is 1. The predicted molar refractivity (Wildman–Crippen MR) is 167 cm³/mol. The van der Waals surface area contributed by atoms with Gasteiger partial charge in [-0.1, -0.05) is 67.9 Å². The number of hydrogen-bond acceptors (Lipinski definition) is 7. The second kappa shape index (κ2) is 12.6. The Balaban J connectivity index is 1.48. The van der Waals surface area contributed by atoms with E-state index in [1.54, 1.807) is 6.20 Å². The summed E-state index contributed by atoms with van der Waals surface area (Å²) in [6, 6.07) is 22.8. The lowest BCUT2D eigenvalue weighted by molar-refractivity contribution is 0.0768. The topological polar surface area (TPSA) is 107 Å². The van der Waals surface area contributed by atoms with Gasteiger partial charge in [0.2, 0.25) is 0 Å². The molecule has 0 aliphatic heterocycles. The number of aromatic nitrogens is 8. The normalized spacial score (nSPS) is 12.9. The molecule has 0 radical (unpaired) electrons.